The van der Waals surface area contributed by atoms with Crippen LogP contribution in [0, 0.1) is 0 Å². The number of fused-ring (bicyclic) bond motifs is 1. The summed E-state index contributed by atoms with van der Waals surface area (Å²) in [5, 5.41) is 2.84. The molecule has 2 aromatic rings. The Morgan fingerprint density at radius 2 is 2.00 bits per heavy atom. The van der Waals surface area contributed by atoms with Crippen LogP contribution in [0.15, 0.2) is 46.9 Å². The Bertz CT molecular complexity index is 759. The second kappa shape index (κ2) is 6.42. The average Bonchev–Trinajstić information content (AvgIpc) is 2.55. The summed E-state index contributed by atoms with van der Waals surface area (Å²) in [6.07, 6.45) is 0. The number of amides is 2. The lowest BCUT2D eigenvalue weighted by Gasteiger charge is -2.28. The summed E-state index contributed by atoms with van der Waals surface area (Å²) in [5.74, 6) is 0.355. The van der Waals surface area contributed by atoms with Gasteiger partial charge in [-0.05, 0) is 49.4 Å². The Balaban J connectivity index is 1.84. The molecule has 1 aliphatic heterocycles. The monoisotopic (exact) mass is 374 g/mol. The van der Waals surface area contributed by atoms with E-state index in [-0.39, 0.29) is 18.4 Å². The summed E-state index contributed by atoms with van der Waals surface area (Å²) < 4.78 is 6.33. The van der Waals surface area contributed by atoms with Gasteiger partial charge < -0.3 is 15.0 Å². The SMILES string of the molecule is CCN1C(=O)COc2ccc(NC(=O)c3ccc(Br)cc3)cc21. The maximum atomic E-state index is 12.3. The minimum atomic E-state index is -0.205. The maximum absolute atomic E-state index is 12.3. The first-order valence-corrected chi connectivity index (χ1v) is 8.02. The fourth-order valence-electron chi connectivity index (χ4n) is 2.43. The van der Waals surface area contributed by atoms with Gasteiger partial charge in [-0.1, -0.05) is 15.9 Å². The molecule has 0 saturated heterocycles. The molecule has 2 amide bonds. The summed E-state index contributed by atoms with van der Waals surface area (Å²) in [7, 11) is 0. The van der Waals surface area contributed by atoms with Crippen LogP contribution in [0.4, 0.5) is 11.4 Å². The van der Waals surface area contributed by atoms with Gasteiger partial charge in [0.2, 0.25) is 0 Å². The van der Waals surface area contributed by atoms with Crippen LogP contribution in [0.2, 0.25) is 0 Å². The van der Waals surface area contributed by atoms with Crippen LogP contribution in [-0.4, -0.2) is 25.0 Å². The second-order valence-electron chi connectivity index (χ2n) is 5.07. The molecule has 0 aliphatic carbocycles. The number of ether oxygens (including phenoxy) is 1. The van der Waals surface area contributed by atoms with Gasteiger partial charge in [0.25, 0.3) is 11.8 Å². The molecule has 0 atom stereocenters. The molecule has 0 spiro atoms. The Morgan fingerprint density at radius 3 is 2.70 bits per heavy atom. The molecular formula is C17H15BrN2O3. The number of nitrogens with one attached hydrogen (secondary N) is 1. The smallest absolute Gasteiger partial charge is 0.265 e. The third kappa shape index (κ3) is 3.22. The number of benzene rings is 2. The number of carbonyl (C=O) groups is 2. The predicted molar refractivity (Wildman–Crippen MR) is 92.1 cm³/mol. The van der Waals surface area contributed by atoms with Crippen LogP contribution in [-0.2, 0) is 4.79 Å². The van der Waals surface area contributed by atoms with Crippen LogP contribution >= 0.6 is 15.9 Å². The average molecular weight is 375 g/mol. The van der Waals surface area contributed by atoms with Crippen molar-refractivity contribution in [3.63, 3.8) is 0 Å². The fraction of sp³-hybridized carbons (Fsp3) is 0.176. The van der Waals surface area contributed by atoms with Crippen molar-refractivity contribution in [2.24, 2.45) is 0 Å². The van der Waals surface area contributed by atoms with Crippen molar-refractivity contribution in [1.82, 2.24) is 0 Å². The number of halogens is 1. The molecule has 0 saturated carbocycles. The van der Waals surface area contributed by atoms with E-state index in [0.717, 1.165) is 4.47 Å². The lowest BCUT2D eigenvalue weighted by molar-refractivity contribution is -0.121. The molecule has 0 aromatic heterocycles. The van der Waals surface area contributed by atoms with Crippen molar-refractivity contribution >= 4 is 39.1 Å². The van der Waals surface area contributed by atoms with Crippen LogP contribution in [0.5, 0.6) is 5.75 Å². The van der Waals surface area contributed by atoms with Gasteiger partial charge in [0.05, 0.1) is 5.69 Å². The fourth-order valence-corrected chi connectivity index (χ4v) is 2.70. The number of likely N-dealkylation sites (N-methyl/N-ethyl adjacent to an activating group) is 1. The first kappa shape index (κ1) is 15.6. The first-order valence-electron chi connectivity index (χ1n) is 7.22. The number of anilines is 2. The highest BCUT2D eigenvalue weighted by atomic mass is 79.9. The third-order valence-electron chi connectivity index (χ3n) is 3.58. The molecular weight excluding hydrogens is 360 g/mol. The van der Waals surface area contributed by atoms with Crippen LogP contribution in [0.3, 0.4) is 0 Å². The molecule has 1 heterocycles. The summed E-state index contributed by atoms with van der Waals surface area (Å²) in [6, 6.07) is 12.4. The second-order valence-corrected chi connectivity index (χ2v) is 5.99. The number of nitrogens with zero attached hydrogens (tertiary/aromatic N) is 1. The normalized spacial score (nSPS) is 13.3. The Morgan fingerprint density at radius 1 is 1.26 bits per heavy atom. The summed E-state index contributed by atoms with van der Waals surface area (Å²) in [6.45, 7) is 2.50. The van der Waals surface area contributed by atoms with E-state index >= 15 is 0 Å². The first-order chi connectivity index (χ1) is 11.1. The van der Waals surface area contributed by atoms with E-state index in [1.54, 1.807) is 35.2 Å². The highest BCUT2D eigenvalue weighted by molar-refractivity contribution is 9.10. The van der Waals surface area contributed by atoms with Gasteiger partial charge in [0.1, 0.15) is 5.75 Å². The van der Waals surface area contributed by atoms with Crippen molar-refractivity contribution in [2.45, 2.75) is 6.92 Å². The number of hydrogen-bond donors (Lipinski definition) is 1. The quantitative estimate of drug-likeness (QED) is 0.894. The molecule has 1 aliphatic rings. The topological polar surface area (TPSA) is 58.6 Å². The minimum absolute atomic E-state index is 0.0471. The minimum Gasteiger partial charge on any atom is -0.482 e. The van der Waals surface area contributed by atoms with Gasteiger partial charge in [-0.3, -0.25) is 9.59 Å². The van der Waals surface area contributed by atoms with Gasteiger partial charge in [0, 0.05) is 22.3 Å². The number of carbonyl (C=O) groups excluding carboxylic acids is 2. The molecule has 3 rings (SSSR count). The van der Waals surface area contributed by atoms with Crippen molar-refractivity contribution in [2.75, 3.05) is 23.4 Å². The van der Waals surface area contributed by atoms with E-state index in [4.69, 9.17) is 4.74 Å². The molecule has 5 nitrogen and oxygen atoms in total. The summed E-state index contributed by atoms with van der Waals surface area (Å²) in [5.41, 5.74) is 1.86. The van der Waals surface area contributed by atoms with E-state index in [2.05, 4.69) is 21.2 Å². The highest BCUT2D eigenvalue weighted by Crippen LogP contribution is 2.34. The number of rotatable bonds is 3. The zero-order valence-corrected chi connectivity index (χ0v) is 14.1. The van der Waals surface area contributed by atoms with Crippen molar-refractivity contribution in [3.8, 4) is 5.75 Å². The summed E-state index contributed by atoms with van der Waals surface area (Å²) >= 11 is 3.34. The van der Waals surface area contributed by atoms with Crippen molar-refractivity contribution in [3.05, 3.63) is 52.5 Å². The van der Waals surface area contributed by atoms with E-state index in [9.17, 15) is 9.59 Å². The molecule has 0 fully saturated rings. The number of hydrogen-bond acceptors (Lipinski definition) is 3. The molecule has 2 aromatic carbocycles. The van der Waals surface area contributed by atoms with Gasteiger partial charge in [0.15, 0.2) is 6.61 Å². The molecule has 118 valence electrons. The molecule has 0 bridgehead atoms. The predicted octanol–water partition coefficient (Wildman–Crippen LogP) is 3.45. The van der Waals surface area contributed by atoms with Gasteiger partial charge in [-0.2, -0.15) is 0 Å². The third-order valence-corrected chi connectivity index (χ3v) is 4.11. The van der Waals surface area contributed by atoms with Gasteiger partial charge in [-0.25, -0.2) is 0 Å². The molecule has 6 heteroatoms. The molecule has 0 unspecified atom stereocenters. The largest absolute Gasteiger partial charge is 0.482 e. The molecule has 0 radical (unpaired) electrons. The standard InChI is InChI=1S/C17H15BrN2O3/c1-2-20-14-9-13(7-8-15(14)23-10-16(20)21)19-17(22)11-3-5-12(18)6-4-11/h3-9H,2,10H2,1H3,(H,19,22). The molecule has 23 heavy (non-hydrogen) atoms. The highest BCUT2D eigenvalue weighted by Gasteiger charge is 2.24. The lowest BCUT2D eigenvalue weighted by Crippen LogP contribution is -2.38. The van der Waals surface area contributed by atoms with Crippen LogP contribution in [0.25, 0.3) is 0 Å². The van der Waals surface area contributed by atoms with E-state index in [0.29, 0.717) is 29.2 Å². The van der Waals surface area contributed by atoms with Gasteiger partial charge in [-0.15, -0.1) is 0 Å². The Hall–Kier alpha value is -2.34. The zero-order valence-electron chi connectivity index (χ0n) is 12.5. The lowest BCUT2D eigenvalue weighted by atomic mass is 10.2. The van der Waals surface area contributed by atoms with Crippen molar-refractivity contribution < 1.29 is 14.3 Å². The Labute approximate surface area is 142 Å². The maximum Gasteiger partial charge on any atom is 0.265 e. The van der Waals surface area contributed by atoms with Crippen LogP contribution < -0.4 is 15.0 Å². The van der Waals surface area contributed by atoms with E-state index < -0.39 is 0 Å². The van der Waals surface area contributed by atoms with E-state index in [1.807, 2.05) is 19.1 Å². The van der Waals surface area contributed by atoms with E-state index in [1.165, 1.54) is 0 Å². The zero-order chi connectivity index (χ0) is 16.4. The van der Waals surface area contributed by atoms with Gasteiger partial charge >= 0.3 is 0 Å². The Kier molecular flexibility index (Phi) is 4.34. The summed E-state index contributed by atoms with van der Waals surface area (Å²) in [4.78, 5) is 25.8. The molecule has 1 N–H and O–H groups in total. The van der Waals surface area contributed by atoms with Crippen LogP contribution in [0.1, 0.15) is 17.3 Å². The van der Waals surface area contributed by atoms with Crippen molar-refractivity contribution in [1.29, 1.82) is 0 Å².